The van der Waals surface area contributed by atoms with Gasteiger partial charge in [-0.25, -0.2) is 0 Å². The average molecular weight is 185 g/mol. The molecule has 0 fully saturated rings. The van der Waals surface area contributed by atoms with Crippen molar-refractivity contribution < 1.29 is 5.11 Å². The minimum atomic E-state index is 0.209. The Bertz CT molecular complexity index is 194. The third kappa shape index (κ3) is 2.93. The van der Waals surface area contributed by atoms with Crippen molar-refractivity contribution in [2.24, 2.45) is 11.7 Å². The Kier molecular flexibility index (Phi) is 4.29. The maximum absolute atomic E-state index is 8.88. The molecule has 0 saturated carbocycles. The van der Waals surface area contributed by atoms with Crippen molar-refractivity contribution in [3.8, 4) is 0 Å². The van der Waals surface area contributed by atoms with Crippen molar-refractivity contribution in [3.05, 3.63) is 22.4 Å². The topological polar surface area (TPSA) is 46.2 Å². The third-order valence-electron chi connectivity index (χ3n) is 2.01. The summed E-state index contributed by atoms with van der Waals surface area (Å²) in [7, 11) is 0. The summed E-state index contributed by atoms with van der Waals surface area (Å²) < 4.78 is 0. The Morgan fingerprint density at radius 1 is 1.58 bits per heavy atom. The van der Waals surface area contributed by atoms with E-state index in [4.69, 9.17) is 10.8 Å². The molecule has 0 aliphatic carbocycles. The van der Waals surface area contributed by atoms with Crippen LogP contribution in [0.25, 0.3) is 0 Å². The van der Waals surface area contributed by atoms with E-state index in [1.807, 2.05) is 0 Å². The van der Waals surface area contributed by atoms with E-state index in [1.54, 1.807) is 11.3 Å². The molecule has 12 heavy (non-hydrogen) atoms. The van der Waals surface area contributed by atoms with E-state index in [1.165, 1.54) is 5.56 Å². The van der Waals surface area contributed by atoms with Gasteiger partial charge in [0.2, 0.25) is 0 Å². The Labute approximate surface area is 77.0 Å². The number of aliphatic hydroxyl groups excluding tert-OH is 1. The summed E-state index contributed by atoms with van der Waals surface area (Å²) in [6.45, 7) is 0.793. The zero-order valence-corrected chi connectivity index (χ0v) is 7.89. The van der Waals surface area contributed by atoms with Gasteiger partial charge < -0.3 is 10.8 Å². The van der Waals surface area contributed by atoms with Crippen molar-refractivity contribution in [1.29, 1.82) is 0 Å². The number of aliphatic hydroxyl groups is 1. The molecule has 2 nitrogen and oxygen atoms in total. The molecule has 3 heteroatoms. The maximum Gasteiger partial charge on any atom is 0.0471 e. The highest BCUT2D eigenvalue weighted by Gasteiger charge is 2.04. The van der Waals surface area contributed by atoms with Crippen LogP contribution in [-0.2, 0) is 6.42 Å². The molecule has 1 unspecified atom stereocenters. The highest BCUT2D eigenvalue weighted by Crippen LogP contribution is 2.11. The summed E-state index contributed by atoms with van der Waals surface area (Å²) in [6, 6.07) is 2.12. The number of nitrogens with two attached hydrogens (primary N) is 1. The van der Waals surface area contributed by atoms with Crippen LogP contribution in [0.2, 0.25) is 0 Å². The smallest absolute Gasteiger partial charge is 0.0471 e. The fraction of sp³-hybridized carbons (Fsp3) is 0.556. The van der Waals surface area contributed by atoms with Crippen molar-refractivity contribution >= 4 is 11.3 Å². The van der Waals surface area contributed by atoms with Gasteiger partial charge in [-0.15, -0.1) is 0 Å². The highest BCUT2D eigenvalue weighted by atomic mass is 32.1. The number of rotatable bonds is 5. The van der Waals surface area contributed by atoms with E-state index >= 15 is 0 Å². The Balaban J connectivity index is 2.25. The minimum absolute atomic E-state index is 0.209. The van der Waals surface area contributed by atoms with Crippen molar-refractivity contribution in [2.75, 3.05) is 13.2 Å². The molecule has 68 valence electrons. The average Bonchev–Trinajstić information content (AvgIpc) is 2.59. The maximum atomic E-state index is 8.88. The molecule has 0 aliphatic heterocycles. The Hall–Kier alpha value is -0.380. The molecule has 0 saturated heterocycles. The number of thiophene rings is 1. The van der Waals surface area contributed by atoms with Gasteiger partial charge in [-0.3, -0.25) is 0 Å². The Morgan fingerprint density at radius 2 is 2.42 bits per heavy atom. The zero-order chi connectivity index (χ0) is 8.81. The molecule has 1 aromatic heterocycles. The number of aryl methyl sites for hydroxylation is 1. The van der Waals surface area contributed by atoms with Gasteiger partial charge in [0.15, 0.2) is 0 Å². The van der Waals surface area contributed by atoms with Crippen LogP contribution in [0.1, 0.15) is 12.0 Å². The van der Waals surface area contributed by atoms with Gasteiger partial charge in [-0.05, 0) is 47.7 Å². The highest BCUT2D eigenvalue weighted by molar-refractivity contribution is 7.07. The lowest BCUT2D eigenvalue weighted by atomic mass is 10.0. The van der Waals surface area contributed by atoms with E-state index in [2.05, 4.69) is 16.8 Å². The molecule has 0 radical (unpaired) electrons. The van der Waals surface area contributed by atoms with E-state index < -0.39 is 0 Å². The van der Waals surface area contributed by atoms with Crippen LogP contribution in [0.15, 0.2) is 16.8 Å². The lowest BCUT2D eigenvalue weighted by Gasteiger charge is -2.09. The first-order chi connectivity index (χ1) is 5.86. The predicted octanol–water partition coefficient (Wildman–Crippen LogP) is 1.25. The van der Waals surface area contributed by atoms with Gasteiger partial charge >= 0.3 is 0 Å². The first-order valence-electron chi connectivity index (χ1n) is 4.18. The molecule has 0 spiro atoms. The van der Waals surface area contributed by atoms with Crippen LogP contribution in [-0.4, -0.2) is 18.3 Å². The van der Waals surface area contributed by atoms with Gasteiger partial charge in [-0.2, -0.15) is 11.3 Å². The molecule has 1 heterocycles. The lowest BCUT2D eigenvalue weighted by Crippen LogP contribution is -2.18. The Morgan fingerprint density at radius 3 is 2.92 bits per heavy atom. The third-order valence-corrected chi connectivity index (χ3v) is 2.74. The zero-order valence-electron chi connectivity index (χ0n) is 7.07. The van der Waals surface area contributed by atoms with Gasteiger partial charge in [0.1, 0.15) is 0 Å². The largest absolute Gasteiger partial charge is 0.396 e. The summed E-state index contributed by atoms with van der Waals surface area (Å²) in [5.41, 5.74) is 6.82. The summed E-state index contributed by atoms with van der Waals surface area (Å²) in [5.74, 6) is 0.268. The molecule has 1 rings (SSSR count). The van der Waals surface area contributed by atoms with Gasteiger partial charge in [0, 0.05) is 6.61 Å². The van der Waals surface area contributed by atoms with E-state index in [-0.39, 0.29) is 12.5 Å². The van der Waals surface area contributed by atoms with Gasteiger partial charge in [-0.1, -0.05) is 0 Å². The minimum Gasteiger partial charge on any atom is -0.396 e. The van der Waals surface area contributed by atoms with E-state index in [0.29, 0.717) is 6.54 Å². The second-order valence-corrected chi connectivity index (χ2v) is 3.73. The summed E-state index contributed by atoms with van der Waals surface area (Å²) in [6.07, 6.45) is 2.02. The fourth-order valence-corrected chi connectivity index (χ4v) is 1.79. The predicted molar refractivity (Wildman–Crippen MR) is 52.3 cm³/mol. The standard InChI is InChI=1S/C9H15NOS/c10-5-9(6-11)2-1-8-3-4-12-7-8/h3-4,7,9,11H,1-2,5-6,10H2. The van der Waals surface area contributed by atoms with Crippen molar-refractivity contribution in [1.82, 2.24) is 0 Å². The molecular formula is C9H15NOS. The normalized spacial score (nSPS) is 13.2. The van der Waals surface area contributed by atoms with E-state index in [9.17, 15) is 0 Å². The quantitative estimate of drug-likeness (QED) is 0.725. The van der Waals surface area contributed by atoms with Crippen molar-refractivity contribution in [2.45, 2.75) is 12.8 Å². The molecule has 0 aromatic carbocycles. The summed E-state index contributed by atoms with van der Waals surface area (Å²) in [4.78, 5) is 0. The lowest BCUT2D eigenvalue weighted by molar-refractivity contribution is 0.223. The second-order valence-electron chi connectivity index (χ2n) is 2.95. The first kappa shape index (κ1) is 9.71. The molecular weight excluding hydrogens is 170 g/mol. The van der Waals surface area contributed by atoms with Crippen LogP contribution in [0.4, 0.5) is 0 Å². The van der Waals surface area contributed by atoms with Crippen LogP contribution < -0.4 is 5.73 Å². The summed E-state index contributed by atoms with van der Waals surface area (Å²) in [5, 5.41) is 13.1. The van der Waals surface area contributed by atoms with Crippen LogP contribution in [0.5, 0.6) is 0 Å². The number of hydrogen-bond donors (Lipinski definition) is 2. The number of hydrogen-bond acceptors (Lipinski definition) is 3. The first-order valence-corrected chi connectivity index (χ1v) is 5.13. The molecule has 1 aromatic rings. The van der Waals surface area contributed by atoms with Gasteiger partial charge in [0.25, 0.3) is 0 Å². The van der Waals surface area contributed by atoms with Crippen molar-refractivity contribution in [3.63, 3.8) is 0 Å². The van der Waals surface area contributed by atoms with Gasteiger partial charge in [0.05, 0.1) is 0 Å². The van der Waals surface area contributed by atoms with Crippen LogP contribution in [0, 0.1) is 5.92 Å². The molecule has 0 bridgehead atoms. The molecule has 0 amide bonds. The monoisotopic (exact) mass is 185 g/mol. The summed E-state index contributed by atoms with van der Waals surface area (Å²) >= 11 is 1.71. The van der Waals surface area contributed by atoms with Crippen LogP contribution in [0.3, 0.4) is 0 Å². The SMILES string of the molecule is NCC(CO)CCc1ccsc1. The van der Waals surface area contributed by atoms with Crippen LogP contribution >= 0.6 is 11.3 Å². The van der Waals surface area contributed by atoms with E-state index in [0.717, 1.165) is 12.8 Å². The second kappa shape index (κ2) is 5.30. The molecule has 3 N–H and O–H groups in total. The fourth-order valence-electron chi connectivity index (χ4n) is 1.09. The molecule has 1 atom stereocenters. The molecule has 0 aliphatic rings.